The summed E-state index contributed by atoms with van der Waals surface area (Å²) in [6.45, 7) is 2.41. The van der Waals surface area contributed by atoms with E-state index in [4.69, 9.17) is 14.2 Å². The summed E-state index contributed by atoms with van der Waals surface area (Å²) in [5.41, 5.74) is 2.23. The van der Waals surface area contributed by atoms with Gasteiger partial charge in [0.15, 0.2) is 11.5 Å². The van der Waals surface area contributed by atoms with Crippen molar-refractivity contribution in [2.24, 2.45) is 0 Å². The number of hydrogen-bond donors (Lipinski definition) is 1. The third kappa shape index (κ3) is 6.87. The molecule has 1 fully saturated rings. The predicted octanol–water partition coefficient (Wildman–Crippen LogP) is 5.95. The molecule has 0 unspecified atom stereocenters. The van der Waals surface area contributed by atoms with Crippen LogP contribution in [-0.2, 0) is 16.2 Å². The number of hydrogen-bond acceptors (Lipinski definition) is 7. The second kappa shape index (κ2) is 12.8. The van der Waals surface area contributed by atoms with Gasteiger partial charge in [0.1, 0.15) is 18.9 Å². The number of rotatable bonds is 10. The van der Waals surface area contributed by atoms with Crippen LogP contribution in [0.3, 0.4) is 0 Å². The summed E-state index contributed by atoms with van der Waals surface area (Å²) in [5.74, 6) is 0.777. The summed E-state index contributed by atoms with van der Waals surface area (Å²) >= 11 is 2.94. The Morgan fingerprint density at radius 2 is 1.79 bits per heavy atom. The highest BCUT2D eigenvalue weighted by atomic mass is 127. The van der Waals surface area contributed by atoms with Crippen LogP contribution < -0.4 is 19.5 Å². The maximum Gasteiger partial charge on any atom is 0.294 e. The maximum absolute atomic E-state index is 13.0. The number of nitrogens with zero attached hydrogens (tertiary/aromatic N) is 1. The largest absolute Gasteiger partial charge is 0.494 e. The molecule has 3 amide bonds. The lowest BCUT2D eigenvalue weighted by Gasteiger charge is -2.14. The number of methoxy groups -OCH3 is 1. The number of anilines is 1. The monoisotopic (exact) mass is 644 g/mol. The van der Waals surface area contributed by atoms with Crippen molar-refractivity contribution >= 4 is 63.2 Å². The van der Waals surface area contributed by atoms with E-state index in [1.807, 2.05) is 43.3 Å². The summed E-state index contributed by atoms with van der Waals surface area (Å²) in [5, 5.41) is 2.19. The highest BCUT2D eigenvalue weighted by Crippen LogP contribution is 2.37. The quantitative estimate of drug-likeness (QED) is 0.215. The first kappa shape index (κ1) is 27.5. The topological polar surface area (TPSA) is 94.2 Å². The van der Waals surface area contributed by atoms with Crippen molar-refractivity contribution in [3.63, 3.8) is 0 Å². The fraction of sp³-hybridized carbons (Fsp3) is 0.179. The first-order chi connectivity index (χ1) is 18.4. The lowest BCUT2D eigenvalue weighted by atomic mass is 10.1. The van der Waals surface area contributed by atoms with Crippen molar-refractivity contribution in [1.82, 2.24) is 4.90 Å². The van der Waals surface area contributed by atoms with E-state index < -0.39 is 17.1 Å². The summed E-state index contributed by atoms with van der Waals surface area (Å²) in [6, 6.07) is 20.2. The van der Waals surface area contributed by atoms with Crippen molar-refractivity contribution in [3.05, 3.63) is 86.3 Å². The third-order valence-electron chi connectivity index (χ3n) is 5.40. The average molecular weight is 644 g/mol. The van der Waals surface area contributed by atoms with Gasteiger partial charge in [-0.05, 0) is 94.9 Å². The molecule has 4 rings (SSSR count). The molecule has 3 aromatic rings. The molecule has 0 atom stereocenters. The van der Waals surface area contributed by atoms with Gasteiger partial charge in [-0.15, -0.1) is 0 Å². The summed E-state index contributed by atoms with van der Waals surface area (Å²) in [6.07, 6.45) is 1.61. The Morgan fingerprint density at radius 1 is 1.05 bits per heavy atom. The molecule has 1 heterocycles. The molecule has 0 aliphatic carbocycles. The van der Waals surface area contributed by atoms with Gasteiger partial charge in [-0.25, -0.2) is 0 Å². The molecule has 38 heavy (non-hydrogen) atoms. The smallest absolute Gasteiger partial charge is 0.294 e. The number of amides is 3. The second-order valence-corrected chi connectivity index (χ2v) is 10.2. The SMILES string of the molecule is CCOc1ccc(NC(=O)CN2C(=O)S/C(=C/c3cc(I)c(OCc4ccccc4)c(OC)c3)C2=O)cc1. The van der Waals surface area contributed by atoms with Crippen molar-refractivity contribution < 1.29 is 28.6 Å². The van der Waals surface area contributed by atoms with Crippen LogP contribution in [0.4, 0.5) is 10.5 Å². The van der Waals surface area contributed by atoms with Crippen LogP contribution in [0.25, 0.3) is 6.08 Å². The molecule has 0 radical (unpaired) electrons. The molecule has 1 saturated heterocycles. The van der Waals surface area contributed by atoms with Gasteiger partial charge >= 0.3 is 0 Å². The van der Waals surface area contributed by atoms with Crippen molar-refractivity contribution in [1.29, 1.82) is 0 Å². The third-order valence-corrected chi connectivity index (χ3v) is 7.11. The van der Waals surface area contributed by atoms with E-state index >= 15 is 0 Å². The van der Waals surface area contributed by atoms with Gasteiger partial charge in [-0.3, -0.25) is 19.3 Å². The molecule has 1 aliphatic rings. The van der Waals surface area contributed by atoms with E-state index in [1.165, 1.54) is 0 Å². The minimum Gasteiger partial charge on any atom is -0.494 e. The summed E-state index contributed by atoms with van der Waals surface area (Å²) < 4.78 is 17.7. The number of halogens is 1. The zero-order valence-electron chi connectivity index (χ0n) is 20.7. The zero-order valence-corrected chi connectivity index (χ0v) is 23.7. The molecule has 8 nitrogen and oxygen atoms in total. The van der Waals surface area contributed by atoms with E-state index in [1.54, 1.807) is 43.5 Å². The average Bonchev–Trinajstić information content (AvgIpc) is 3.16. The lowest BCUT2D eigenvalue weighted by molar-refractivity contribution is -0.127. The molecule has 1 aliphatic heterocycles. The van der Waals surface area contributed by atoms with E-state index in [9.17, 15) is 14.4 Å². The van der Waals surface area contributed by atoms with Crippen LogP contribution in [0.15, 0.2) is 71.6 Å². The van der Waals surface area contributed by atoms with Gasteiger partial charge < -0.3 is 19.5 Å². The molecule has 0 spiro atoms. The molecular weight excluding hydrogens is 619 g/mol. The lowest BCUT2D eigenvalue weighted by Crippen LogP contribution is -2.36. The molecule has 0 saturated carbocycles. The first-order valence-electron chi connectivity index (χ1n) is 11.7. The standard InChI is InChI=1S/C28H25IN2O6S/c1-3-36-21-11-9-20(10-12-21)30-25(32)16-31-27(33)24(38-28(31)34)15-19-13-22(29)26(23(14-19)35-2)37-17-18-7-5-4-6-8-18/h4-15H,3,16-17H2,1-2H3,(H,30,32)/b24-15+. The van der Waals surface area contributed by atoms with Crippen molar-refractivity contribution in [2.45, 2.75) is 13.5 Å². The number of imide groups is 1. The number of carbonyl (C=O) groups excluding carboxylic acids is 3. The van der Waals surface area contributed by atoms with Crippen LogP contribution in [0, 0.1) is 3.57 Å². The Balaban J connectivity index is 1.43. The molecule has 1 N–H and O–H groups in total. The second-order valence-electron chi connectivity index (χ2n) is 8.08. The fourth-order valence-corrected chi connectivity index (χ4v) is 5.25. The zero-order chi connectivity index (χ0) is 27.1. The van der Waals surface area contributed by atoms with Gasteiger partial charge in [0, 0.05) is 5.69 Å². The molecule has 0 bridgehead atoms. The Bertz CT molecular complexity index is 1360. The highest BCUT2D eigenvalue weighted by Gasteiger charge is 2.36. The van der Waals surface area contributed by atoms with E-state index in [0.717, 1.165) is 25.8 Å². The Hall–Kier alpha value is -3.51. The predicted molar refractivity (Wildman–Crippen MR) is 155 cm³/mol. The highest BCUT2D eigenvalue weighted by molar-refractivity contribution is 14.1. The molecular formula is C28H25IN2O6S. The van der Waals surface area contributed by atoms with E-state index in [0.29, 0.717) is 41.7 Å². The van der Waals surface area contributed by atoms with E-state index in [-0.39, 0.29) is 11.4 Å². The number of ether oxygens (including phenoxy) is 3. The van der Waals surface area contributed by atoms with Crippen LogP contribution in [-0.4, -0.2) is 42.2 Å². The Kier molecular flexibility index (Phi) is 9.29. The Morgan fingerprint density at radius 3 is 2.47 bits per heavy atom. The molecule has 196 valence electrons. The normalized spacial score (nSPS) is 14.1. The van der Waals surface area contributed by atoms with Crippen molar-refractivity contribution in [3.8, 4) is 17.2 Å². The minimum absolute atomic E-state index is 0.222. The van der Waals surface area contributed by atoms with E-state index in [2.05, 4.69) is 27.9 Å². The van der Waals surface area contributed by atoms with Gasteiger partial charge in [0.05, 0.1) is 22.2 Å². The summed E-state index contributed by atoms with van der Waals surface area (Å²) in [7, 11) is 1.54. The number of carbonyl (C=O) groups is 3. The number of benzene rings is 3. The fourth-order valence-electron chi connectivity index (χ4n) is 3.63. The van der Waals surface area contributed by atoms with Crippen molar-refractivity contribution in [2.75, 3.05) is 25.6 Å². The maximum atomic E-state index is 13.0. The first-order valence-corrected chi connectivity index (χ1v) is 13.6. The van der Waals surface area contributed by atoms with Gasteiger partial charge in [-0.1, -0.05) is 30.3 Å². The number of nitrogens with one attached hydrogen (secondary N) is 1. The van der Waals surface area contributed by atoms with Gasteiger partial charge in [0.25, 0.3) is 11.1 Å². The minimum atomic E-state index is -0.528. The molecule has 10 heteroatoms. The molecule has 3 aromatic carbocycles. The Labute approximate surface area is 238 Å². The van der Waals surface area contributed by atoms with Gasteiger partial charge in [-0.2, -0.15) is 0 Å². The van der Waals surface area contributed by atoms with Crippen LogP contribution in [0.1, 0.15) is 18.1 Å². The number of thioether (sulfide) groups is 1. The summed E-state index contributed by atoms with van der Waals surface area (Å²) in [4.78, 5) is 39.2. The van der Waals surface area contributed by atoms with Crippen LogP contribution >= 0.6 is 34.4 Å². The van der Waals surface area contributed by atoms with Gasteiger partial charge in [0.2, 0.25) is 5.91 Å². The molecule has 0 aromatic heterocycles. The van der Waals surface area contributed by atoms with Crippen LogP contribution in [0.5, 0.6) is 17.2 Å². The van der Waals surface area contributed by atoms with Crippen LogP contribution in [0.2, 0.25) is 0 Å².